The first-order valence-corrected chi connectivity index (χ1v) is 6.21. The van der Waals surface area contributed by atoms with Crippen molar-refractivity contribution in [1.82, 2.24) is 0 Å². The molecule has 0 aromatic heterocycles. The van der Waals surface area contributed by atoms with Crippen LogP contribution in [-0.2, 0) is 0 Å². The number of benzene rings is 2. The Labute approximate surface area is 115 Å². The summed E-state index contributed by atoms with van der Waals surface area (Å²) in [6.07, 6.45) is 0. The average Bonchev–Trinajstić information content (AvgIpc) is 2.35. The van der Waals surface area contributed by atoms with Crippen LogP contribution in [0.25, 0.3) is 0 Å². The van der Waals surface area contributed by atoms with E-state index in [0.29, 0.717) is 10.0 Å². The smallest absolute Gasteiger partial charge is 0.134 e. The Hall–Kier alpha value is -1.38. The van der Waals surface area contributed by atoms with E-state index in [1.54, 1.807) is 24.3 Å². The summed E-state index contributed by atoms with van der Waals surface area (Å²) in [6, 6.07) is 10.2. The van der Waals surface area contributed by atoms with Gasteiger partial charge in [0.25, 0.3) is 0 Å². The Kier molecular flexibility index (Phi) is 3.69. The SMILES string of the molecule is CC(c1ccc(O)c(Cl)c1)c1ccc(O)c(Cl)c1. The lowest BCUT2D eigenvalue weighted by Crippen LogP contribution is -1.96. The molecule has 0 aliphatic rings. The van der Waals surface area contributed by atoms with E-state index < -0.39 is 0 Å². The van der Waals surface area contributed by atoms with Gasteiger partial charge >= 0.3 is 0 Å². The maximum Gasteiger partial charge on any atom is 0.134 e. The zero-order valence-electron chi connectivity index (χ0n) is 9.69. The van der Waals surface area contributed by atoms with Crippen molar-refractivity contribution in [3.8, 4) is 11.5 Å². The highest BCUT2D eigenvalue weighted by atomic mass is 35.5. The van der Waals surface area contributed by atoms with Crippen molar-refractivity contribution >= 4 is 23.2 Å². The lowest BCUT2D eigenvalue weighted by atomic mass is 9.93. The summed E-state index contributed by atoms with van der Waals surface area (Å²) in [5.41, 5.74) is 1.94. The van der Waals surface area contributed by atoms with E-state index in [4.69, 9.17) is 23.2 Å². The van der Waals surface area contributed by atoms with Crippen molar-refractivity contribution < 1.29 is 10.2 Å². The van der Waals surface area contributed by atoms with Gasteiger partial charge in [-0.25, -0.2) is 0 Å². The van der Waals surface area contributed by atoms with Crippen LogP contribution in [0.5, 0.6) is 11.5 Å². The summed E-state index contributed by atoms with van der Waals surface area (Å²) in [5, 5.41) is 19.4. The normalized spacial score (nSPS) is 10.9. The molecule has 2 aromatic rings. The molecule has 2 N–H and O–H groups in total. The fraction of sp³-hybridized carbons (Fsp3) is 0.143. The highest BCUT2D eigenvalue weighted by Crippen LogP contribution is 2.33. The average molecular weight is 283 g/mol. The van der Waals surface area contributed by atoms with Gasteiger partial charge in [0, 0.05) is 5.92 Å². The molecule has 0 heterocycles. The second kappa shape index (κ2) is 5.09. The Morgan fingerprint density at radius 1 is 0.833 bits per heavy atom. The Morgan fingerprint density at radius 3 is 1.56 bits per heavy atom. The van der Waals surface area contributed by atoms with E-state index in [9.17, 15) is 10.2 Å². The van der Waals surface area contributed by atoms with Crippen LogP contribution < -0.4 is 0 Å². The molecule has 0 radical (unpaired) electrons. The second-order valence-corrected chi connectivity index (χ2v) is 4.96. The predicted molar refractivity (Wildman–Crippen MR) is 73.8 cm³/mol. The van der Waals surface area contributed by atoms with E-state index in [2.05, 4.69) is 0 Å². The molecular formula is C14H12Cl2O2. The number of aromatic hydroxyl groups is 2. The summed E-state index contributed by atoms with van der Waals surface area (Å²) < 4.78 is 0. The van der Waals surface area contributed by atoms with Crippen molar-refractivity contribution in [2.24, 2.45) is 0 Å². The Bertz CT molecular complexity index is 531. The highest BCUT2D eigenvalue weighted by molar-refractivity contribution is 6.32. The maximum absolute atomic E-state index is 9.39. The highest BCUT2D eigenvalue weighted by Gasteiger charge is 2.12. The van der Waals surface area contributed by atoms with Gasteiger partial charge in [-0.05, 0) is 35.4 Å². The van der Waals surface area contributed by atoms with Gasteiger partial charge in [-0.15, -0.1) is 0 Å². The van der Waals surface area contributed by atoms with Crippen molar-refractivity contribution in [2.45, 2.75) is 12.8 Å². The van der Waals surface area contributed by atoms with E-state index in [-0.39, 0.29) is 17.4 Å². The van der Waals surface area contributed by atoms with Crippen molar-refractivity contribution in [2.75, 3.05) is 0 Å². The number of hydrogen-bond acceptors (Lipinski definition) is 2. The van der Waals surface area contributed by atoms with E-state index >= 15 is 0 Å². The van der Waals surface area contributed by atoms with Crippen LogP contribution in [0.15, 0.2) is 36.4 Å². The van der Waals surface area contributed by atoms with Gasteiger partial charge in [-0.3, -0.25) is 0 Å². The number of halogens is 2. The van der Waals surface area contributed by atoms with Crippen molar-refractivity contribution in [3.05, 3.63) is 57.6 Å². The summed E-state index contributed by atoms with van der Waals surface area (Å²) in [6.45, 7) is 2.01. The lowest BCUT2D eigenvalue weighted by molar-refractivity contribution is 0.475. The summed E-state index contributed by atoms with van der Waals surface area (Å²) in [7, 11) is 0. The van der Waals surface area contributed by atoms with Crippen LogP contribution in [0.2, 0.25) is 10.0 Å². The Morgan fingerprint density at radius 2 is 1.22 bits per heavy atom. The molecule has 2 aromatic carbocycles. The van der Waals surface area contributed by atoms with Gasteiger partial charge in [-0.1, -0.05) is 42.3 Å². The second-order valence-electron chi connectivity index (χ2n) is 4.14. The minimum absolute atomic E-state index is 0.0661. The van der Waals surface area contributed by atoms with E-state index in [0.717, 1.165) is 11.1 Å². The first-order valence-electron chi connectivity index (χ1n) is 5.46. The molecule has 18 heavy (non-hydrogen) atoms. The van der Waals surface area contributed by atoms with Gasteiger partial charge in [0.2, 0.25) is 0 Å². The number of hydrogen-bond donors (Lipinski definition) is 2. The third-order valence-corrected chi connectivity index (χ3v) is 3.55. The minimum atomic E-state index is 0.0661. The summed E-state index contributed by atoms with van der Waals surface area (Å²) in [4.78, 5) is 0. The fourth-order valence-corrected chi connectivity index (χ4v) is 2.16. The van der Waals surface area contributed by atoms with Crippen LogP contribution in [0, 0.1) is 0 Å². The maximum atomic E-state index is 9.39. The molecule has 0 saturated carbocycles. The van der Waals surface area contributed by atoms with Gasteiger partial charge < -0.3 is 10.2 Å². The van der Waals surface area contributed by atoms with Crippen LogP contribution in [0.3, 0.4) is 0 Å². The lowest BCUT2D eigenvalue weighted by Gasteiger charge is -2.14. The third kappa shape index (κ3) is 2.55. The summed E-state index contributed by atoms with van der Waals surface area (Å²) in [5.74, 6) is 0.203. The Balaban J connectivity index is 2.37. The number of phenolic OH excluding ortho intramolecular Hbond substituents is 2. The van der Waals surface area contributed by atoms with Crippen LogP contribution in [-0.4, -0.2) is 10.2 Å². The first kappa shape index (κ1) is 13.1. The molecule has 0 unspecified atom stereocenters. The monoisotopic (exact) mass is 282 g/mol. The fourth-order valence-electron chi connectivity index (χ4n) is 1.78. The van der Waals surface area contributed by atoms with E-state index in [1.165, 1.54) is 0 Å². The zero-order chi connectivity index (χ0) is 13.3. The molecule has 0 saturated heterocycles. The standard InChI is InChI=1S/C14H12Cl2O2/c1-8(9-2-4-13(17)11(15)6-9)10-3-5-14(18)12(16)7-10/h2-8,17-18H,1H3. The summed E-state index contributed by atoms with van der Waals surface area (Å²) >= 11 is 11.8. The van der Waals surface area contributed by atoms with Crippen molar-refractivity contribution in [1.29, 1.82) is 0 Å². The topological polar surface area (TPSA) is 40.5 Å². The number of phenols is 2. The molecule has 94 valence electrons. The van der Waals surface area contributed by atoms with Gasteiger partial charge in [0.15, 0.2) is 0 Å². The molecule has 2 nitrogen and oxygen atoms in total. The quantitative estimate of drug-likeness (QED) is 0.848. The molecule has 0 bridgehead atoms. The first-order chi connectivity index (χ1) is 8.49. The zero-order valence-corrected chi connectivity index (χ0v) is 11.2. The molecule has 0 spiro atoms. The molecule has 4 heteroatoms. The van der Waals surface area contributed by atoms with Crippen LogP contribution in [0.1, 0.15) is 24.0 Å². The largest absolute Gasteiger partial charge is 0.506 e. The molecule has 0 aliphatic heterocycles. The molecule has 0 atom stereocenters. The molecule has 0 fully saturated rings. The molecular weight excluding hydrogens is 271 g/mol. The predicted octanol–water partition coefficient (Wildman–Crippen LogP) is 4.56. The third-order valence-electron chi connectivity index (χ3n) is 2.94. The van der Waals surface area contributed by atoms with Crippen LogP contribution in [0.4, 0.5) is 0 Å². The molecule has 2 rings (SSSR count). The number of rotatable bonds is 2. The van der Waals surface area contributed by atoms with Crippen molar-refractivity contribution in [3.63, 3.8) is 0 Å². The van der Waals surface area contributed by atoms with E-state index in [1.807, 2.05) is 19.1 Å². The molecule has 0 aliphatic carbocycles. The van der Waals surface area contributed by atoms with Gasteiger partial charge in [0.1, 0.15) is 11.5 Å². The van der Waals surface area contributed by atoms with Gasteiger partial charge in [0.05, 0.1) is 10.0 Å². The molecule has 0 amide bonds. The minimum Gasteiger partial charge on any atom is -0.506 e. The van der Waals surface area contributed by atoms with Crippen LogP contribution >= 0.6 is 23.2 Å². The van der Waals surface area contributed by atoms with Gasteiger partial charge in [-0.2, -0.15) is 0 Å².